The third-order valence-corrected chi connectivity index (χ3v) is 5.88. The highest BCUT2D eigenvalue weighted by atomic mass is 16.5. The molecule has 0 bridgehead atoms. The van der Waals surface area contributed by atoms with Crippen molar-refractivity contribution < 1.29 is 19.4 Å². The molecule has 2 aliphatic carbocycles. The lowest BCUT2D eigenvalue weighted by Gasteiger charge is -2.36. The Hall–Kier alpha value is -1.42. The molecule has 0 aromatic carbocycles. The maximum Gasteiger partial charge on any atom is 0.162 e. The van der Waals surface area contributed by atoms with Crippen LogP contribution in [0.5, 0.6) is 0 Å². The summed E-state index contributed by atoms with van der Waals surface area (Å²) in [6.07, 6.45) is 8.01. The zero-order valence-electron chi connectivity index (χ0n) is 16.4. The Kier molecular flexibility index (Phi) is 5.71. The predicted octanol–water partition coefficient (Wildman–Crippen LogP) is 4.61. The highest BCUT2D eigenvalue weighted by molar-refractivity contribution is 6.04. The Morgan fingerprint density at radius 3 is 2.08 bits per heavy atom. The molecule has 3 rings (SSSR count). The summed E-state index contributed by atoms with van der Waals surface area (Å²) in [5.41, 5.74) is 0.946. The number of allylic oxidation sites excluding steroid dienone is 4. The lowest BCUT2D eigenvalue weighted by atomic mass is 9.72. The van der Waals surface area contributed by atoms with Crippen LogP contribution in [0.4, 0.5) is 0 Å². The first kappa shape index (κ1) is 19.3. The van der Waals surface area contributed by atoms with E-state index in [0.29, 0.717) is 18.8 Å². The van der Waals surface area contributed by atoms with Crippen molar-refractivity contribution in [3.05, 3.63) is 22.7 Å². The molecule has 4 nitrogen and oxygen atoms in total. The molecule has 0 fully saturated rings. The van der Waals surface area contributed by atoms with E-state index < -0.39 is 5.60 Å². The fraction of sp³-hybridized carbons (Fsp3) is 0.727. The number of ether oxygens (including phenoxy) is 1. The summed E-state index contributed by atoms with van der Waals surface area (Å²) in [6.45, 7) is 5.87. The van der Waals surface area contributed by atoms with E-state index in [0.717, 1.165) is 74.0 Å². The van der Waals surface area contributed by atoms with Crippen molar-refractivity contribution in [1.29, 1.82) is 0 Å². The minimum atomic E-state index is -0.636. The molecule has 144 valence electrons. The molecule has 26 heavy (non-hydrogen) atoms. The van der Waals surface area contributed by atoms with Gasteiger partial charge in [-0.1, -0.05) is 19.8 Å². The van der Waals surface area contributed by atoms with Crippen LogP contribution in [-0.2, 0) is 14.3 Å². The van der Waals surface area contributed by atoms with Crippen molar-refractivity contribution in [2.24, 2.45) is 11.8 Å². The number of carbonyl (C=O) groups excluding carboxylic acids is 2. The fourth-order valence-electron chi connectivity index (χ4n) is 4.59. The smallest absolute Gasteiger partial charge is 0.162 e. The molecule has 4 heteroatoms. The van der Waals surface area contributed by atoms with Crippen LogP contribution in [0.2, 0.25) is 0 Å². The monoisotopic (exact) mass is 360 g/mol. The number of hydrogen-bond acceptors (Lipinski definition) is 4. The molecule has 0 radical (unpaired) electrons. The Bertz CT molecular complexity index is 606. The molecule has 3 aliphatic rings. The zero-order chi connectivity index (χ0) is 18.9. The van der Waals surface area contributed by atoms with E-state index in [2.05, 4.69) is 6.92 Å². The Morgan fingerprint density at radius 2 is 1.58 bits per heavy atom. The van der Waals surface area contributed by atoms with Gasteiger partial charge < -0.3 is 9.84 Å². The van der Waals surface area contributed by atoms with Gasteiger partial charge in [-0.05, 0) is 45.4 Å². The third kappa shape index (κ3) is 4.28. The number of rotatable bonds is 6. The molecule has 0 saturated heterocycles. The van der Waals surface area contributed by atoms with E-state index in [1.165, 1.54) is 0 Å². The van der Waals surface area contributed by atoms with Crippen molar-refractivity contribution in [3.63, 3.8) is 0 Å². The van der Waals surface area contributed by atoms with Gasteiger partial charge in [0.15, 0.2) is 11.6 Å². The van der Waals surface area contributed by atoms with Crippen LogP contribution in [0.15, 0.2) is 22.7 Å². The van der Waals surface area contributed by atoms with Crippen LogP contribution in [0, 0.1) is 11.8 Å². The second kappa shape index (κ2) is 7.67. The van der Waals surface area contributed by atoms with E-state index in [-0.39, 0.29) is 17.5 Å². The molecule has 0 aromatic rings. The van der Waals surface area contributed by atoms with Crippen molar-refractivity contribution in [1.82, 2.24) is 0 Å². The van der Waals surface area contributed by atoms with E-state index in [9.17, 15) is 14.7 Å². The molecule has 1 N–H and O–H groups in total. The molecule has 0 amide bonds. The van der Waals surface area contributed by atoms with Crippen molar-refractivity contribution in [3.8, 4) is 0 Å². The number of hydrogen-bond donors (Lipinski definition) is 1. The summed E-state index contributed by atoms with van der Waals surface area (Å²) < 4.78 is 6.06. The van der Waals surface area contributed by atoms with Crippen LogP contribution < -0.4 is 0 Å². The maximum absolute atomic E-state index is 12.6. The van der Waals surface area contributed by atoms with Gasteiger partial charge in [0.25, 0.3) is 0 Å². The van der Waals surface area contributed by atoms with Gasteiger partial charge in [0.2, 0.25) is 0 Å². The predicted molar refractivity (Wildman–Crippen MR) is 100 cm³/mol. The summed E-state index contributed by atoms with van der Waals surface area (Å²) in [4.78, 5) is 25.3. The fourth-order valence-corrected chi connectivity index (χ4v) is 4.59. The molecule has 1 heterocycles. The Balaban J connectivity index is 1.79. The first-order chi connectivity index (χ1) is 12.3. The van der Waals surface area contributed by atoms with E-state index in [1.54, 1.807) is 0 Å². The molecule has 0 unspecified atom stereocenters. The molecule has 0 saturated carbocycles. The van der Waals surface area contributed by atoms with Crippen LogP contribution in [0.25, 0.3) is 0 Å². The molecule has 1 aliphatic heterocycles. The van der Waals surface area contributed by atoms with Gasteiger partial charge in [0, 0.05) is 42.7 Å². The molecule has 1 atom stereocenters. The molecular formula is C22H32O4. The molecule has 0 spiro atoms. The van der Waals surface area contributed by atoms with Crippen LogP contribution in [-0.4, -0.2) is 22.3 Å². The van der Waals surface area contributed by atoms with E-state index >= 15 is 0 Å². The first-order valence-electron chi connectivity index (χ1n) is 10.2. The number of ketones is 2. The lowest BCUT2D eigenvalue weighted by Crippen LogP contribution is -2.32. The van der Waals surface area contributed by atoms with E-state index in [4.69, 9.17) is 4.74 Å². The van der Waals surface area contributed by atoms with Gasteiger partial charge in [0.1, 0.15) is 11.5 Å². The summed E-state index contributed by atoms with van der Waals surface area (Å²) in [6, 6.07) is 0. The average molecular weight is 360 g/mol. The van der Waals surface area contributed by atoms with Gasteiger partial charge >= 0.3 is 0 Å². The standard InChI is InChI=1S/C22H32O4/c1-14(7-6-12-22(2,3)25)13-15-20-16(23)8-4-10-18(20)26-19-11-5-9-17(24)21(15)19/h14-15,25H,4-13H2,1-3H3/t14-/m0/s1. The number of aliphatic hydroxyl groups is 1. The van der Waals surface area contributed by atoms with Gasteiger partial charge in [-0.2, -0.15) is 0 Å². The average Bonchev–Trinajstić information content (AvgIpc) is 2.53. The van der Waals surface area contributed by atoms with Crippen LogP contribution in [0.3, 0.4) is 0 Å². The quantitative estimate of drug-likeness (QED) is 0.751. The molecular weight excluding hydrogens is 328 g/mol. The van der Waals surface area contributed by atoms with Crippen molar-refractivity contribution in [2.45, 2.75) is 90.6 Å². The van der Waals surface area contributed by atoms with Gasteiger partial charge in [-0.25, -0.2) is 0 Å². The van der Waals surface area contributed by atoms with Gasteiger partial charge in [-0.3, -0.25) is 9.59 Å². The Labute approximate surface area is 156 Å². The van der Waals surface area contributed by atoms with Crippen molar-refractivity contribution >= 4 is 11.6 Å². The zero-order valence-corrected chi connectivity index (χ0v) is 16.4. The largest absolute Gasteiger partial charge is 0.465 e. The van der Waals surface area contributed by atoms with Crippen LogP contribution >= 0.6 is 0 Å². The van der Waals surface area contributed by atoms with Gasteiger partial charge in [0.05, 0.1) is 5.60 Å². The normalized spacial score (nSPS) is 22.9. The summed E-state index contributed by atoms with van der Waals surface area (Å²) in [7, 11) is 0. The highest BCUT2D eigenvalue weighted by Crippen LogP contribution is 2.45. The summed E-state index contributed by atoms with van der Waals surface area (Å²) in [5.74, 6) is 2.33. The summed E-state index contributed by atoms with van der Waals surface area (Å²) >= 11 is 0. The summed E-state index contributed by atoms with van der Waals surface area (Å²) in [5, 5.41) is 9.91. The third-order valence-electron chi connectivity index (χ3n) is 5.88. The van der Waals surface area contributed by atoms with Gasteiger partial charge in [-0.15, -0.1) is 0 Å². The first-order valence-corrected chi connectivity index (χ1v) is 10.2. The second-order valence-corrected chi connectivity index (χ2v) is 8.93. The topological polar surface area (TPSA) is 63.6 Å². The van der Waals surface area contributed by atoms with Crippen molar-refractivity contribution in [2.75, 3.05) is 0 Å². The lowest BCUT2D eigenvalue weighted by molar-refractivity contribution is -0.118. The maximum atomic E-state index is 12.6. The van der Waals surface area contributed by atoms with E-state index in [1.807, 2.05) is 13.8 Å². The SMILES string of the molecule is C[C@@H](CCCC(C)(C)O)CC1C2=C(CCCC2=O)OC2=C1C(=O)CCC2. The Morgan fingerprint density at radius 1 is 1.04 bits per heavy atom. The second-order valence-electron chi connectivity index (χ2n) is 8.93. The minimum absolute atomic E-state index is 0.0773. The van der Waals surface area contributed by atoms with Crippen LogP contribution in [0.1, 0.15) is 85.0 Å². The highest BCUT2D eigenvalue weighted by Gasteiger charge is 2.41. The number of carbonyl (C=O) groups is 2. The number of Topliss-reactive ketones (excluding diaryl/α,β-unsaturated/α-hetero) is 2. The molecule has 0 aromatic heterocycles. The minimum Gasteiger partial charge on any atom is -0.465 e.